The number of hydrogen-bond donors (Lipinski definition) is 1. The number of fused-ring (bicyclic) bond motifs is 1. The van der Waals surface area contributed by atoms with Crippen LogP contribution in [-0.2, 0) is 9.59 Å². The van der Waals surface area contributed by atoms with Crippen molar-refractivity contribution in [2.75, 3.05) is 6.54 Å². The molecule has 0 saturated carbocycles. The Hall–Kier alpha value is -1.39. The molecule has 2 saturated heterocycles. The SMILES string of the molecule is O=C1NC(=O)[C@@H]2CCCN2[C@H]1c1ccccc1Cl. The molecule has 4 nitrogen and oxygen atoms in total. The van der Waals surface area contributed by atoms with E-state index in [-0.39, 0.29) is 17.9 Å². The van der Waals surface area contributed by atoms with Crippen molar-refractivity contribution >= 4 is 23.4 Å². The Balaban J connectivity index is 2.02. The molecule has 1 N–H and O–H groups in total. The molecule has 2 aliphatic heterocycles. The van der Waals surface area contributed by atoms with Crippen LogP contribution in [0.25, 0.3) is 0 Å². The quantitative estimate of drug-likeness (QED) is 0.782. The highest BCUT2D eigenvalue weighted by Crippen LogP contribution is 2.35. The summed E-state index contributed by atoms with van der Waals surface area (Å²) in [5, 5.41) is 3.02. The Kier molecular flexibility index (Phi) is 2.84. The molecule has 5 heteroatoms. The summed E-state index contributed by atoms with van der Waals surface area (Å²) >= 11 is 6.16. The van der Waals surface area contributed by atoms with Gasteiger partial charge >= 0.3 is 0 Å². The number of benzene rings is 1. The van der Waals surface area contributed by atoms with Gasteiger partial charge < -0.3 is 0 Å². The molecule has 3 rings (SSSR count). The van der Waals surface area contributed by atoms with Gasteiger partial charge in [0.05, 0.1) is 6.04 Å². The second-order valence-corrected chi connectivity index (χ2v) is 5.08. The number of hydrogen-bond acceptors (Lipinski definition) is 3. The lowest BCUT2D eigenvalue weighted by atomic mass is 10.00. The Bertz CT molecular complexity index is 517. The number of rotatable bonds is 1. The van der Waals surface area contributed by atoms with E-state index in [1.165, 1.54) is 0 Å². The number of nitrogens with zero attached hydrogens (tertiary/aromatic N) is 1. The highest BCUT2D eigenvalue weighted by Gasteiger charge is 2.44. The third-order valence-electron chi connectivity index (χ3n) is 3.62. The summed E-state index contributed by atoms with van der Waals surface area (Å²) in [5.74, 6) is -0.452. The van der Waals surface area contributed by atoms with Crippen LogP contribution in [0.2, 0.25) is 5.02 Å². The predicted octanol–water partition coefficient (Wildman–Crippen LogP) is 1.50. The van der Waals surface area contributed by atoms with Crippen LogP contribution in [0, 0.1) is 0 Å². The van der Waals surface area contributed by atoms with E-state index in [1.54, 1.807) is 6.07 Å². The maximum Gasteiger partial charge on any atom is 0.248 e. The van der Waals surface area contributed by atoms with Crippen LogP contribution >= 0.6 is 11.6 Å². The molecule has 2 atom stereocenters. The lowest BCUT2D eigenvalue weighted by molar-refractivity contribution is -0.143. The normalized spacial score (nSPS) is 28.1. The topological polar surface area (TPSA) is 49.4 Å². The first-order valence-electron chi connectivity index (χ1n) is 6.03. The van der Waals surface area contributed by atoms with Gasteiger partial charge in [0.2, 0.25) is 11.8 Å². The maximum absolute atomic E-state index is 12.1. The van der Waals surface area contributed by atoms with Gasteiger partial charge in [-0.05, 0) is 24.5 Å². The summed E-state index contributed by atoms with van der Waals surface area (Å²) in [6.07, 6.45) is 1.74. The number of nitrogens with one attached hydrogen (secondary N) is 1. The number of halogens is 1. The van der Waals surface area contributed by atoms with Crippen molar-refractivity contribution < 1.29 is 9.59 Å². The molecule has 94 valence electrons. The number of carbonyl (C=O) groups is 2. The Morgan fingerprint density at radius 3 is 2.78 bits per heavy atom. The first kappa shape index (κ1) is 11.7. The average molecular weight is 265 g/mol. The number of carbonyl (C=O) groups excluding carboxylic acids is 2. The van der Waals surface area contributed by atoms with Gasteiger partial charge in [-0.2, -0.15) is 0 Å². The second kappa shape index (κ2) is 4.37. The largest absolute Gasteiger partial charge is 0.293 e. The fourth-order valence-corrected chi connectivity index (χ4v) is 3.06. The van der Waals surface area contributed by atoms with Gasteiger partial charge in [0.1, 0.15) is 6.04 Å². The van der Waals surface area contributed by atoms with Crippen molar-refractivity contribution in [3.63, 3.8) is 0 Å². The van der Waals surface area contributed by atoms with Crippen molar-refractivity contribution in [3.05, 3.63) is 34.9 Å². The van der Waals surface area contributed by atoms with Crippen molar-refractivity contribution in [1.29, 1.82) is 0 Å². The highest BCUT2D eigenvalue weighted by atomic mass is 35.5. The first-order valence-corrected chi connectivity index (χ1v) is 6.41. The lowest BCUT2D eigenvalue weighted by Gasteiger charge is -2.36. The van der Waals surface area contributed by atoms with Crippen LogP contribution in [0.15, 0.2) is 24.3 Å². The number of piperazine rings is 1. The average Bonchev–Trinajstić information content (AvgIpc) is 2.81. The monoisotopic (exact) mass is 264 g/mol. The summed E-state index contributed by atoms with van der Waals surface area (Å²) in [6, 6.07) is 6.67. The molecule has 0 bridgehead atoms. The minimum absolute atomic E-state index is 0.180. The van der Waals surface area contributed by atoms with E-state index in [0.29, 0.717) is 5.02 Å². The molecule has 18 heavy (non-hydrogen) atoms. The minimum atomic E-state index is -0.441. The number of imide groups is 1. The molecule has 1 aromatic rings. The molecular formula is C13H13ClN2O2. The summed E-state index contributed by atoms with van der Waals surface area (Å²) < 4.78 is 0. The zero-order chi connectivity index (χ0) is 12.7. The molecule has 2 amide bonds. The van der Waals surface area contributed by atoms with E-state index < -0.39 is 6.04 Å². The van der Waals surface area contributed by atoms with Gasteiger partial charge in [-0.25, -0.2) is 0 Å². The van der Waals surface area contributed by atoms with Crippen LogP contribution in [0.3, 0.4) is 0 Å². The Morgan fingerprint density at radius 1 is 1.22 bits per heavy atom. The summed E-state index contributed by atoms with van der Waals surface area (Å²) in [7, 11) is 0. The van der Waals surface area contributed by atoms with Crippen molar-refractivity contribution in [2.45, 2.75) is 24.9 Å². The second-order valence-electron chi connectivity index (χ2n) is 4.67. The smallest absolute Gasteiger partial charge is 0.248 e. The molecule has 0 spiro atoms. The van der Waals surface area contributed by atoms with Crippen LogP contribution in [-0.4, -0.2) is 29.3 Å². The summed E-state index contributed by atoms with van der Waals surface area (Å²) in [4.78, 5) is 25.8. The van der Waals surface area contributed by atoms with E-state index in [0.717, 1.165) is 24.9 Å². The van der Waals surface area contributed by atoms with Crippen LogP contribution < -0.4 is 5.32 Å². The Labute approximate surface area is 110 Å². The van der Waals surface area contributed by atoms with Gasteiger partial charge in [-0.3, -0.25) is 19.8 Å². The summed E-state index contributed by atoms with van der Waals surface area (Å²) in [6.45, 7) is 0.764. The highest BCUT2D eigenvalue weighted by molar-refractivity contribution is 6.31. The van der Waals surface area contributed by atoms with E-state index >= 15 is 0 Å². The third kappa shape index (κ3) is 1.72. The standard InChI is InChI=1S/C13H13ClN2O2/c14-9-5-2-1-4-8(9)11-13(18)15-12(17)10-6-3-7-16(10)11/h1-2,4-5,10-11H,3,6-7H2,(H,15,17,18)/t10-,11-/m0/s1. The zero-order valence-electron chi connectivity index (χ0n) is 9.73. The molecule has 1 aromatic carbocycles. The zero-order valence-corrected chi connectivity index (χ0v) is 10.5. The minimum Gasteiger partial charge on any atom is -0.293 e. The number of amides is 2. The predicted molar refractivity (Wildman–Crippen MR) is 67.1 cm³/mol. The molecule has 0 unspecified atom stereocenters. The molecular weight excluding hydrogens is 252 g/mol. The summed E-state index contributed by atoms with van der Waals surface area (Å²) in [5.41, 5.74) is 0.774. The fraction of sp³-hybridized carbons (Fsp3) is 0.385. The van der Waals surface area contributed by atoms with Gasteiger partial charge in [0.25, 0.3) is 0 Å². The molecule has 2 aliphatic rings. The third-order valence-corrected chi connectivity index (χ3v) is 3.97. The van der Waals surface area contributed by atoms with Gasteiger partial charge in [-0.1, -0.05) is 29.8 Å². The fourth-order valence-electron chi connectivity index (χ4n) is 2.82. The van der Waals surface area contributed by atoms with Crippen LogP contribution in [0.1, 0.15) is 24.4 Å². The van der Waals surface area contributed by atoms with Crippen LogP contribution in [0.5, 0.6) is 0 Å². The first-order chi connectivity index (χ1) is 8.68. The molecule has 0 aliphatic carbocycles. The lowest BCUT2D eigenvalue weighted by Crippen LogP contribution is -2.56. The van der Waals surface area contributed by atoms with Gasteiger partial charge in [0, 0.05) is 11.6 Å². The van der Waals surface area contributed by atoms with Gasteiger partial charge in [-0.15, -0.1) is 0 Å². The van der Waals surface area contributed by atoms with Crippen molar-refractivity contribution in [1.82, 2.24) is 10.2 Å². The van der Waals surface area contributed by atoms with E-state index in [2.05, 4.69) is 5.32 Å². The van der Waals surface area contributed by atoms with Crippen LogP contribution in [0.4, 0.5) is 0 Å². The Morgan fingerprint density at radius 2 is 2.00 bits per heavy atom. The molecule has 2 fully saturated rings. The van der Waals surface area contributed by atoms with Crippen molar-refractivity contribution in [2.24, 2.45) is 0 Å². The van der Waals surface area contributed by atoms with E-state index in [1.807, 2.05) is 23.1 Å². The molecule has 2 heterocycles. The van der Waals surface area contributed by atoms with Gasteiger partial charge in [0.15, 0.2) is 0 Å². The van der Waals surface area contributed by atoms with E-state index in [9.17, 15) is 9.59 Å². The maximum atomic E-state index is 12.1. The van der Waals surface area contributed by atoms with E-state index in [4.69, 9.17) is 11.6 Å². The molecule has 0 radical (unpaired) electrons. The van der Waals surface area contributed by atoms with Crippen molar-refractivity contribution in [3.8, 4) is 0 Å². The molecule has 0 aromatic heterocycles.